The number of nitrogens with zero attached hydrogens (tertiary/aromatic N) is 1. The Labute approximate surface area is 141 Å². The maximum absolute atomic E-state index is 5.72. The van der Waals surface area contributed by atoms with Crippen molar-refractivity contribution in [3.8, 4) is 0 Å². The average Bonchev–Trinajstić information content (AvgIpc) is 2.40. The molecular formula is C14H32IN3O2. The van der Waals surface area contributed by atoms with Gasteiger partial charge in [-0.3, -0.25) is 4.99 Å². The van der Waals surface area contributed by atoms with Crippen LogP contribution in [0.15, 0.2) is 4.99 Å². The van der Waals surface area contributed by atoms with Crippen LogP contribution in [0.2, 0.25) is 0 Å². The van der Waals surface area contributed by atoms with E-state index >= 15 is 0 Å². The first kappa shape index (κ1) is 22.2. The third-order valence-electron chi connectivity index (χ3n) is 2.89. The van der Waals surface area contributed by atoms with Gasteiger partial charge in [0.15, 0.2) is 5.96 Å². The summed E-state index contributed by atoms with van der Waals surface area (Å²) in [5.74, 6) is 1.38. The highest BCUT2D eigenvalue weighted by atomic mass is 127. The molecule has 0 aliphatic rings. The number of rotatable bonds is 10. The fraction of sp³-hybridized carbons (Fsp3) is 0.929. The molecule has 0 aliphatic carbocycles. The Kier molecular flexibility index (Phi) is 17.0. The fourth-order valence-electron chi connectivity index (χ4n) is 1.80. The van der Waals surface area contributed by atoms with Crippen LogP contribution < -0.4 is 10.6 Å². The highest BCUT2D eigenvalue weighted by molar-refractivity contribution is 14.0. The molecule has 0 amide bonds. The molecule has 0 fully saturated rings. The Bertz CT molecular complexity index is 238. The zero-order valence-corrected chi connectivity index (χ0v) is 15.9. The Balaban J connectivity index is 0. The smallest absolute Gasteiger partial charge is 0.190 e. The zero-order chi connectivity index (χ0) is 14.5. The molecule has 5 nitrogen and oxygen atoms in total. The highest BCUT2D eigenvalue weighted by Crippen LogP contribution is 2.09. The van der Waals surface area contributed by atoms with Crippen molar-refractivity contribution >= 4 is 29.9 Å². The lowest BCUT2D eigenvalue weighted by Crippen LogP contribution is -2.39. The van der Waals surface area contributed by atoms with Crippen molar-refractivity contribution in [1.82, 2.24) is 10.6 Å². The number of aliphatic imine (C=N–C) groups is 1. The van der Waals surface area contributed by atoms with Crippen LogP contribution in [-0.4, -0.2) is 52.5 Å². The molecule has 0 aliphatic heterocycles. The van der Waals surface area contributed by atoms with Gasteiger partial charge in [0.2, 0.25) is 0 Å². The molecule has 0 spiro atoms. The Hall–Kier alpha value is -0.0800. The van der Waals surface area contributed by atoms with Crippen LogP contribution in [0.25, 0.3) is 0 Å². The molecule has 0 aromatic carbocycles. The number of hydrogen-bond acceptors (Lipinski definition) is 3. The first-order valence-corrected chi connectivity index (χ1v) is 7.20. The first-order chi connectivity index (χ1) is 9.15. The number of hydrogen-bond donors (Lipinski definition) is 2. The topological polar surface area (TPSA) is 54.9 Å². The summed E-state index contributed by atoms with van der Waals surface area (Å²) in [6, 6.07) is 0. The summed E-state index contributed by atoms with van der Waals surface area (Å²) in [6.45, 7) is 9.70. The summed E-state index contributed by atoms with van der Waals surface area (Å²) in [6.07, 6.45) is 2.28. The SMILES string of the molecule is CCOC(CCNC(=NC)NCCCOC)C(C)C.I. The molecule has 0 saturated heterocycles. The van der Waals surface area contributed by atoms with Crippen LogP contribution in [0.5, 0.6) is 0 Å². The lowest BCUT2D eigenvalue weighted by molar-refractivity contribution is 0.0258. The standard InChI is InChI=1S/C14H31N3O2.HI/c1-6-19-13(12(2)3)8-10-17-14(15-4)16-9-7-11-18-5;/h12-13H,6-11H2,1-5H3,(H2,15,16,17);1H. The Morgan fingerprint density at radius 3 is 2.35 bits per heavy atom. The molecule has 6 heteroatoms. The second-order valence-corrected chi connectivity index (χ2v) is 4.80. The molecular weight excluding hydrogens is 369 g/mol. The van der Waals surface area contributed by atoms with Crippen molar-refractivity contribution in [2.45, 2.75) is 39.7 Å². The molecule has 122 valence electrons. The van der Waals surface area contributed by atoms with E-state index in [9.17, 15) is 0 Å². The highest BCUT2D eigenvalue weighted by Gasteiger charge is 2.12. The summed E-state index contributed by atoms with van der Waals surface area (Å²) in [4.78, 5) is 4.19. The molecule has 0 saturated carbocycles. The fourth-order valence-corrected chi connectivity index (χ4v) is 1.80. The molecule has 1 atom stereocenters. The summed E-state index contributed by atoms with van der Waals surface area (Å²) in [5.41, 5.74) is 0. The molecule has 0 heterocycles. The van der Waals surface area contributed by atoms with E-state index in [2.05, 4.69) is 29.5 Å². The minimum Gasteiger partial charge on any atom is -0.385 e. The molecule has 2 N–H and O–H groups in total. The second kappa shape index (κ2) is 15.3. The van der Waals surface area contributed by atoms with Crippen LogP contribution in [0, 0.1) is 5.92 Å². The van der Waals surface area contributed by atoms with Gasteiger partial charge in [-0.2, -0.15) is 0 Å². The molecule has 0 rings (SSSR count). The quantitative estimate of drug-likeness (QED) is 0.255. The van der Waals surface area contributed by atoms with Gasteiger partial charge < -0.3 is 20.1 Å². The normalized spacial score (nSPS) is 13.0. The van der Waals surface area contributed by atoms with E-state index in [1.807, 2.05) is 6.92 Å². The second-order valence-electron chi connectivity index (χ2n) is 4.80. The number of ether oxygens (including phenoxy) is 2. The summed E-state index contributed by atoms with van der Waals surface area (Å²) in [5, 5.41) is 6.57. The summed E-state index contributed by atoms with van der Waals surface area (Å²) >= 11 is 0. The van der Waals surface area contributed by atoms with Gasteiger partial charge in [0.1, 0.15) is 0 Å². The maximum Gasteiger partial charge on any atom is 0.190 e. The van der Waals surface area contributed by atoms with Gasteiger partial charge in [-0.05, 0) is 25.7 Å². The van der Waals surface area contributed by atoms with E-state index in [1.54, 1.807) is 14.2 Å². The van der Waals surface area contributed by atoms with Crippen LogP contribution in [0.3, 0.4) is 0 Å². The van der Waals surface area contributed by atoms with Crippen molar-refractivity contribution < 1.29 is 9.47 Å². The van der Waals surface area contributed by atoms with Gasteiger partial charge >= 0.3 is 0 Å². The van der Waals surface area contributed by atoms with E-state index in [0.29, 0.717) is 12.0 Å². The van der Waals surface area contributed by atoms with Crippen molar-refractivity contribution in [3.63, 3.8) is 0 Å². The van der Waals surface area contributed by atoms with Gasteiger partial charge in [0.05, 0.1) is 6.10 Å². The molecule has 0 aromatic rings. The summed E-state index contributed by atoms with van der Waals surface area (Å²) < 4.78 is 10.7. The minimum atomic E-state index is 0. The van der Waals surface area contributed by atoms with Crippen LogP contribution >= 0.6 is 24.0 Å². The van der Waals surface area contributed by atoms with Crippen molar-refractivity contribution in [3.05, 3.63) is 0 Å². The van der Waals surface area contributed by atoms with E-state index in [4.69, 9.17) is 9.47 Å². The van der Waals surface area contributed by atoms with Gasteiger partial charge in [0, 0.05) is 40.5 Å². The van der Waals surface area contributed by atoms with E-state index < -0.39 is 0 Å². The van der Waals surface area contributed by atoms with Crippen molar-refractivity contribution in [2.75, 3.05) is 40.5 Å². The predicted octanol–water partition coefficient (Wildman–Crippen LogP) is 2.26. The van der Waals surface area contributed by atoms with Gasteiger partial charge in [-0.15, -0.1) is 24.0 Å². The van der Waals surface area contributed by atoms with Gasteiger partial charge in [-0.1, -0.05) is 13.8 Å². The number of guanidine groups is 1. The number of halogens is 1. The van der Waals surface area contributed by atoms with Crippen LogP contribution in [0.4, 0.5) is 0 Å². The van der Waals surface area contributed by atoms with E-state index in [0.717, 1.165) is 45.1 Å². The molecule has 0 bridgehead atoms. The Morgan fingerprint density at radius 1 is 1.20 bits per heavy atom. The maximum atomic E-state index is 5.72. The number of nitrogens with one attached hydrogen (secondary N) is 2. The first-order valence-electron chi connectivity index (χ1n) is 7.20. The van der Waals surface area contributed by atoms with Crippen LogP contribution in [0.1, 0.15) is 33.6 Å². The van der Waals surface area contributed by atoms with Crippen molar-refractivity contribution in [2.24, 2.45) is 10.9 Å². The molecule has 0 radical (unpaired) electrons. The molecule has 0 aromatic heterocycles. The zero-order valence-electron chi connectivity index (χ0n) is 13.6. The molecule has 20 heavy (non-hydrogen) atoms. The van der Waals surface area contributed by atoms with Crippen LogP contribution in [-0.2, 0) is 9.47 Å². The van der Waals surface area contributed by atoms with E-state index in [1.165, 1.54) is 0 Å². The average molecular weight is 401 g/mol. The third-order valence-corrected chi connectivity index (χ3v) is 2.89. The van der Waals surface area contributed by atoms with Crippen molar-refractivity contribution in [1.29, 1.82) is 0 Å². The minimum absolute atomic E-state index is 0. The lowest BCUT2D eigenvalue weighted by Gasteiger charge is -2.21. The third kappa shape index (κ3) is 11.7. The van der Waals surface area contributed by atoms with E-state index in [-0.39, 0.29) is 24.0 Å². The largest absolute Gasteiger partial charge is 0.385 e. The summed E-state index contributed by atoms with van der Waals surface area (Å²) in [7, 11) is 3.50. The monoisotopic (exact) mass is 401 g/mol. The van der Waals surface area contributed by atoms with Gasteiger partial charge in [0.25, 0.3) is 0 Å². The van der Waals surface area contributed by atoms with Gasteiger partial charge in [-0.25, -0.2) is 0 Å². The molecule has 1 unspecified atom stereocenters. The number of methoxy groups -OCH3 is 1. The predicted molar refractivity (Wildman–Crippen MR) is 96.1 cm³/mol. The lowest BCUT2D eigenvalue weighted by atomic mass is 10.0. The Morgan fingerprint density at radius 2 is 1.85 bits per heavy atom.